The van der Waals surface area contributed by atoms with Crippen LogP contribution >= 0.6 is 11.8 Å². The fourth-order valence-corrected chi connectivity index (χ4v) is 5.33. The Kier molecular flexibility index (Phi) is 10.4. The number of rotatable bonds is 4. The summed E-state index contributed by atoms with van der Waals surface area (Å²) in [7, 11) is -0.425. The fraction of sp³-hybridized carbons (Fsp3) is 0.357. The summed E-state index contributed by atoms with van der Waals surface area (Å²) in [6, 6.07) is 15.4. The molecule has 0 fully saturated rings. The summed E-state index contributed by atoms with van der Waals surface area (Å²) in [4.78, 5) is 27.7. The number of ether oxygens (including phenoxy) is 2. The Morgan fingerprint density at radius 1 is 0.816 bits per heavy atom. The molecule has 0 radical (unpaired) electrons. The largest absolute Gasteiger partial charge is 0.453 e. The number of carbonyl (C=O) groups is 2. The highest BCUT2D eigenvalue weighted by molar-refractivity contribution is 7.98. The lowest BCUT2D eigenvalue weighted by atomic mass is 10.00. The molecule has 2 aliphatic rings. The number of hydrogen-bond acceptors (Lipinski definition) is 7. The summed E-state index contributed by atoms with van der Waals surface area (Å²) in [6.45, 7) is 2.40. The molecule has 204 valence electrons. The zero-order chi connectivity index (χ0) is 27.7. The molecule has 2 aliphatic heterocycles. The minimum absolute atomic E-state index is 0.247. The predicted molar refractivity (Wildman–Crippen MR) is 151 cm³/mol. The van der Waals surface area contributed by atoms with Crippen molar-refractivity contribution in [2.24, 2.45) is 0 Å². The van der Waals surface area contributed by atoms with Crippen LogP contribution in [0.15, 0.2) is 70.5 Å². The van der Waals surface area contributed by atoms with E-state index in [9.17, 15) is 18.0 Å². The molecular formula is C28H34N2O6S2. The first kappa shape index (κ1) is 29.3. The first-order chi connectivity index (χ1) is 18.2. The third-order valence-corrected chi connectivity index (χ3v) is 8.19. The summed E-state index contributed by atoms with van der Waals surface area (Å²) < 4.78 is 32.5. The summed E-state index contributed by atoms with van der Waals surface area (Å²) in [5.74, 6) is 0. The number of thioether (sulfide) groups is 1. The molecule has 0 saturated carbocycles. The summed E-state index contributed by atoms with van der Waals surface area (Å²) in [5.41, 5.74) is 4.51. The molecule has 2 amide bonds. The Labute approximate surface area is 229 Å². The van der Waals surface area contributed by atoms with E-state index in [-0.39, 0.29) is 12.2 Å². The van der Waals surface area contributed by atoms with Crippen molar-refractivity contribution in [3.8, 4) is 0 Å². The number of nitrogens with zero attached hydrogens (tertiary/aromatic N) is 2. The predicted octanol–water partition coefficient (Wildman–Crippen LogP) is 5.21. The molecule has 0 saturated heterocycles. The van der Waals surface area contributed by atoms with Gasteiger partial charge in [-0.05, 0) is 65.6 Å². The van der Waals surface area contributed by atoms with Crippen molar-refractivity contribution >= 4 is 44.9 Å². The van der Waals surface area contributed by atoms with Crippen LogP contribution in [0.2, 0.25) is 0 Å². The molecule has 0 atom stereocenters. The van der Waals surface area contributed by atoms with Crippen molar-refractivity contribution in [3.63, 3.8) is 0 Å². The Hall–Kier alpha value is -3.24. The van der Waals surface area contributed by atoms with E-state index in [2.05, 4.69) is 41.3 Å². The van der Waals surface area contributed by atoms with E-state index in [4.69, 9.17) is 4.74 Å². The summed E-state index contributed by atoms with van der Waals surface area (Å²) >= 11 is 1.74. The molecular weight excluding hydrogens is 524 g/mol. The van der Waals surface area contributed by atoms with Crippen LogP contribution in [0, 0.1) is 0 Å². The molecule has 8 nitrogen and oxygen atoms in total. The molecule has 4 rings (SSSR count). The molecule has 0 aliphatic carbocycles. The highest BCUT2D eigenvalue weighted by atomic mass is 32.2. The first-order valence-electron chi connectivity index (χ1n) is 12.1. The van der Waals surface area contributed by atoms with Gasteiger partial charge in [-0.3, -0.25) is 0 Å². The van der Waals surface area contributed by atoms with Crippen LogP contribution in [0.5, 0.6) is 0 Å². The Bertz CT molecular complexity index is 1320. The maximum atomic E-state index is 11.6. The van der Waals surface area contributed by atoms with E-state index in [1.54, 1.807) is 39.8 Å². The molecule has 0 spiro atoms. The van der Waals surface area contributed by atoms with Crippen molar-refractivity contribution in [2.45, 2.75) is 22.6 Å². The zero-order valence-corrected chi connectivity index (χ0v) is 23.8. The second kappa shape index (κ2) is 13.5. The van der Waals surface area contributed by atoms with Crippen LogP contribution in [0.25, 0.3) is 11.1 Å². The lowest BCUT2D eigenvalue weighted by Crippen LogP contribution is -2.34. The molecule has 2 heterocycles. The zero-order valence-electron chi connectivity index (χ0n) is 22.2. The van der Waals surface area contributed by atoms with Crippen LogP contribution in [0.4, 0.5) is 9.59 Å². The average molecular weight is 559 g/mol. The van der Waals surface area contributed by atoms with E-state index < -0.39 is 9.84 Å². The number of carbonyl (C=O) groups excluding carboxylic acids is 2. The standard InChI is InChI=1S/C14H17NO4S.C14H17NO2S/c1-19-14(16)15-8-6-11(7-9-15)12-4-3-5-13(10-12)20(2,17)18;1-17-14(16)15-8-6-11(7-9-15)12-4-3-5-13(10-12)18-2/h3-6,10H,7-9H2,1-2H3;3-6,10H,7-9H2,1-2H3. The van der Waals surface area contributed by atoms with E-state index in [0.717, 1.165) is 24.1 Å². The van der Waals surface area contributed by atoms with E-state index in [0.29, 0.717) is 31.0 Å². The Morgan fingerprint density at radius 2 is 1.32 bits per heavy atom. The van der Waals surface area contributed by atoms with Crippen molar-refractivity contribution in [2.75, 3.05) is 52.9 Å². The van der Waals surface area contributed by atoms with Gasteiger partial charge in [0.15, 0.2) is 9.84 Å². The van der Waals surface area contributed by atoms with Crippen molar-refractivity contribution in [3.05, 3.63) is 71.8 Å². The van der Waals surface area contributed by atoms with Gasteiger partial charge in [-0.15, -0.1) is 11.8 Å². The SMILES string of the molecule is COC(=O)N1CC=C(c2cccc(S(C)(=O)=O)c2)CC1.COC(=O)N1CC=C(c2cccc(SC)c2)CC1. The number of amides is 2. The molecule has 2 aromatic carbocycles. The minimum atomic E-state index is -3.20. The van der Waals surface area contributed by atoms with Gasteiger partial charge in [-0.25, -0.2) is 18.0 Å². The van der Waals surface area contributed by atoms with Gasteiger partial charge in [0.1, 0.15) is 0 Å². The molecule has 2 aromatic rings. The van der Waals surface area contributed by atoms with Crippen LogP contribution < -0.4 is 0 Å². The van der Waals surface area contributed by atoms with Gasteiger partial charge < -0.3 is 19.3 Å². The quantitative estimate of drug-likeness (QED) is 0.476. The third-order valence-electron chi connectivity index (χ3n) is 6.36. The van der Waals surface area contributed by atoms with Crippen molar-refractivity contribution in [1.29, 1.82) is 0 Å². The topological polar surface area (TPSA) is 93.2 Å². The van der Waals surface area contributed by atoms with Crippen LogP contribution in [0.3, 0.4) is 0 Å². The fourth-order valence-electron chi connectivity index (χ4n) is 4.20. The molecule has 38 heavy (non-hydrogen) atoms. The van der Waals surface area contributed by atoms with Gasteiger partial charge in [0, 0.05) is 37.3 Å². The Morgan fingerprint density at radius 3 is 1.74 bits per heavy atom. The smallest absolute Gasteiger partial charge is 0.409 e. The number of hydrogen-bond donors (Lipinski definition) is 0. The monoisotopic (exact) mass is 558 g/mol. The van der Waals surface area contributed by atoms with Gasteiger partial charge in [0.05, 0.1) is 19.1 Å². The molecule has 0 N–H and O–H groups in total. The van der Waals surface area contributed by atoms with Gasteiger partial charge in [0.2, 0.25) is 0 Å². The molecule has 0 bridgehead atoms. The molecule has 10 heteroatoms. The average Bonchev–Trinajstić information content (AvgIpc) is 2.96. The number of sulfone groups is 1. The molecule has 0 aromatic heterocycles. The Balaban J connectivity index is 0.000000212. The lowest BCUT2D eigenvalue weighted by Gasteiger charge is -2.25. The second-order valence-electron chi connectivity index (χ2n) is 8.82. The van der Waals surface area contributed by atoms with Crippen LogP contribution in [-0.2, 0) is 19.3 Å². The number of benzene rings is 2. The normalized spacial score (nSPS) is 15.5. The maximum Gasteiger partial charge on any atom is 0.409 e. The van der Waals surface area contributed by atoms with Gasteiger partial charge in [-0.1, -0.05) is 36.4 Å². The minimum Gasteiger partial charge on any atom is -0.453 e. The van der Waals surface area contributed by atoms with Gasteiger partial charge in [-0.2, -0.15) is 0 Å². The van der Waals surface area contributed by atoms with Gasteiger partial charge >= 0.3 is 12.2 Å². The van der Waals surface area contributed by atoms with E-state index in [1.165, 1.54) is 36.5 Å². The summed E-state index contributed by atoms with van der Waals surface area (Å²) in [6.07, 6.45) is 8.29. The van der Waals surface area contributed by atoms with Crippen LogP contribution in [0.1, 0.15) is 24.0 Å². The first-order valence-corrected chi connectivity index (χ1v) is 15.3. The second-order valence-corrected chi connectivity index (χ2v) is 11.7. The highest BCUT2D eigenvalue weighted by Gasteiger charge is 2.19. The number of methoxy groups -OCH3 is 2. The van der Waals surface area contributed by atoms with Crippen LogP contribution in [-0.4, -0.2) is 83.3 Å². The summed E-state index contributed by atoms with van der Waals surface area (Å²) in [5, 5.41) is 0. The molecule has 0 unspecified atom stereocenters. The van der Waals surface area contributed by atoms with Crippen molar-refractivity contribution < 1.29 is 27.5 Å². The van der Waals surface area contributed by atoms with E-state index >= 15 is 0 Å². The van der Waals surface area contributed by atoms with E-state index in [1.807, 2.05) is 12.1 Å². The van der Waals surface area contributed by atoms with Gasteiger partial charge in [0.25, 0.3) is 0 Å². The lowest BCUT2D eigenvalue weighted by molar-refractivity contribution is 0.127. The van der Waals surface area contributed by atoms with Crippen molar-refractivity contribution in [1.82, 2.24) is 9.80 Å². The highest BCUT2D eigenvalue weighted by Crippen LogP contribution is 2.26. The third kappa shape index (κ3) is 7.88. The maximum absolute atomic E-state index is 11.6.